The molecule has 126 valence electrons. The van der Waals surface area contributed by atoms with E-state index in [9.17, 15) is 10.2 Å². The molecule has 2 aromatic rings. The first-order valence-corrected chi connectivity index (χ1v) is 8.08. The predicted octanol–water partition coefficient (Wildman–Crippen LogP) is -1.23. The third-order valence-corrected chi connectivity index (χ3v) is 2.95. The summed E-state index contributed by atoms with van der Waals surface area (Å²) >= 11 is 5.42. The second kappa shape index (κ2) is 11.6. The van der Waals surface area contributed by atoms with Crippen molar-refractivity contribution in [1.29, 1.82) is 0 Å². The van der Waals surface area contributed by atoms with Crippen molar-refractivity contribution in [3.05, 3.63) is 47.8 Å². The molecule has 0 spiro atoms. The van der Waals surface area contributed by atoms with Crippen LogP contribution < -0.4 is 10.2 Å². The number of nitrogens with zero attached hydrogens (tertiary/aromatic N) is 5. The van der Waals surface area contributed by atoms with Gasteiger partial charge in [0.05, 0.1) is 25.8 Å². The van der Waals surface area contributed by atoms with E-state index >= 15 is 0 Å². The molecule has 0 aliphatic carbocycles. The summed E-state index contributed by atoms with van der Waals surface area (Å²) in [5, 5.41) is 30.2. The molecule has 2 rings (SSSR count). The van der Waals surface area contributed by atoms with E-state index in [-0.39, 0.29) is 18.8 Å². The molecule has 0 aliphatic heterocycles. The SMILES string of the molecule is [O-]C(C[S-])=NCC([O-])=NCc1cn(Cc2ccccc2)nn1.[O]=[99Tc+3]. The van der Waals surface area contributed by atoms with Crippen LogP contribution in [0.1, 0.15) is 11.3 Å². The molecule has 1 heterocycles. The third kappa shape index (κ3) is 7.58. The molecule has 0 saturated carbocycles. The molecule has 0 N–H and O–H groups in total. The molecule has 0 radical (unpaired) electrons. The molecule has 1 aromatic heterocycles. The first-order valence-electron chi connectivity index (χ1n) is 6.74. The first-order chi connectivity index (χ1) is 11.7. The molecule has 0 saturated heterocycles. The van der Waals surface area contributed by atoms with Crippen LogP contribution in [0.3, 0.4) is 0 Å². The molecular formula is C14H14N5O3STc. The van der Waals surface area contributed by atoms with Gasteiger partial charge in [-0.2, -0.15) is 0 Å². The van der Waals surface area contributed by atoms with Crippen molar-refractivity contribution in [3.63, 3.8) is 0 Å². The number of rotatable bonds is 7. The zero-order valence-corrected chi connectivity index (χ0v) is 15.2. The van der Waals surface area contributed by atoms with Crippen molar-refractivity contribution in [1.82, 2.24) is 15.0 Å². The van der Waals surface area contributed by atoms with Gasteiger partial charge in [-0.25, -0.2) is 4.68 Å². The van der Waals surface area contributed by atoms with Crippen LogP contribution in [0, 0.1) is 0 Å². The number of aliphatic imine (C=N–C) groups is 2. The fourth-order valence-corrected chi connectivity index (χ4v) is 1.77. The van der Waals surface area contributed by atoms with Crippen LogP contribution in [0.25, 0.3) is 0 Å². The van der Waals surface area contributed by atoms with E-state index in [0.717, 1.165) is 24.4 Å². The van der Waals surface area contributed by atoms with E-state index in [0.29, 0.717) is 12.2 Å². The zero-order valence-electron chi connectivity index (χ0n) is 12.5. The fraction of sp³-hybridized carbons (Fsp3) is 0.286. The van der Waals surface area contributed by atoms with E-state index in [1.54, 1.807) is 10.9 Å². The molecule has 0 atom stereocenters. The Bertz CT molecular complexity index is 678. The number of benzene rings is 1. The van der Waals surface area contributed by atoms with Gasteiger partial charge in [0.15, 0.2) is 0 Å². The average molecular weight is 431 g/mol. The molecule has 0 aliphatic rings. The van der Waals surface area contributed by atoms with Gasteiger partial charge in [0, 0.05) is 0 Å². The van der Waals surface area contributed by atoms with Crippen molar-refractivity contribution in [2.24, 2.45) is 9.98 Å². The molecule has 0 fully saturated rings. The molecular weight excluding hydrogens is 417 g/mol. The topological polar surface area (TPSA) is 119 Å². The predicted molar refractivity (Wildman–Crippen MR) is 81.9 cm³/mol. The van der Waals surface area contributed by atoms with Gasteiger partial charge in [0.25, 0.3) is 0 Å². The van der Waals surface area contributed by atoms with Crippen LogP contribution in [0.5, 0.6) is 0 Å². The average Bonchev–Trinajstić information content (AvgIpc) is 3.07. The second-order valence-corrected chi connectivity index (χ2v) is 4.75. The monoisotopic (exact) mass is 431 g/mol. The number of hydrogen-bond acceptors (Lipinski definition) is 8. The molecule has 0 amide bonds. The summed E-state index contributed by atoms with van der Waals surface area (Å²) in [6.45, 7) is 0.448. The van der Waals surface area contributed by atoms with E-state index < -0.39 is 11.8 Å². The fourth-order valence-electron chi connectivity index (χ4n) is 1.68. The summed E-state index contributed by atoms with van der Waals surface area (Å²) in [7, 11) is 0. The minimum absolute atomic E-state index is 0.116. The van der Waals surface area contributed by atoms with Crippen LogP contribution in [-0.4, -0.2) is 39.1 Å². The van der Waals surface area contributed by atoms with E-state index in [1.165, 1.54) is 0 Å². The zero-order chi connectivity index (χ0) is 17.8. The van der Waals surface area contributed by atoms with Crippen molar-refractivity contribution in [2.75, 3.05) is 12.3 Å². The third-order valence-electron chi connectivity index (χ3n) is 2.71. The van der Waals surface area contributed by atoms with E-state index in [1.807, 2.05) is 30.3 Å². The maximum atomic E-state index is 11.4. The Balaban J connectivity index is 0.00000139. The van der Waals surface area contributed by atoms with E-state index in [2.05, 4.69) is 32.9 Å². The van der Waals surface area contributed by atoms with E-state index in [4.69, 9.17) is 3.50 Å². The van der Waals surface area contributed by atoms with Crippen LogP contribution in [0.15, 0.2) is 46.5 Å². The van der Waals surface area contributed by atoms with Crippen molar-refractivity contribution in [2.45, 2.75) is 13.1 Å². The van der Waals surface area contributed by atoms with Crippen molar-refractivity contribution >= 4 is 24.4 Å². The van der Waals surface area contributed by atoms with Crippen LogP contribution in [-0.2, 0) is 48.1 Å². The standard InChI is InChI=1S/C14H17N5O2S.O.Tc/c20-13(7-16-14(21)10-22)15-6-12-9-19(18-17-12)8-11-4-2-1-3-5-11;;/h1-5,9,22H,6-8,10H2,(H,15,20)(H,16,21);;/q;;+3/p-3/i;;1+1. The number of aromatic nitrogens is 3. The maximum absolute atomic E-state index is 11.4. The Morgan fingerprint density at radius 3 is 2.54 bits per heavy atom. The molecule has 1 aromatic carbocycles. The quantitative estimate of drug-likeness (QED) is 0.308. The summed E-state index contributed by atoms with van der Waals surface area (Å²) < 4.78 is 9.90. The van der Waals surface area contributed by atoms with Gasteiger partial charge in [0.1, 0.15) is 5.69 Å². The summed E-state index contributed by atoms with van der Waals surface area (Å²) in [5.74, 6) is -1.08. The van der Waals surface area contributed by atoms with Gasteiger partial charge in [-0.05, 0) is 11.5 Å². The Kier molecular flexibility index (Phi) is 9.74. The van der Waals surface area contributed by atoms with Crippen molar-refractivity contribution < 1.29 is 32.6 Å². The van der Waals surface area contributed by atoms with Crippen molar-refractivity contribution in [3.8, 4) is 0 Å². The van der Waals surface area contributed by atoms with Gasteiger partial charge in [-0.3, -0.25) is 4.99 Å². The summed E-state index contributed by atoms with van der Waals surface area (Å²) in [4.78, 5) is 7.27. The van der Waals surface area contributed by atoms with Gasteiger partial charge < -0.3 is 27.8 Å². The molecule has 8 nitrogen and oxygen atoms in total. The normalized spacial score (nSPS) is 11.7. The second-order valence-electron chi connectivity index (χ2n) is 4.46. The van der Waals surface area contributed by atoms with Gasteiger partial charge in [-0.15, -0.1) is 10.9 Å². The Morgan fingerprint density at radius 1 is 1.17 bits per heavy atom. The van der Waals surface area contributed by atoms with Crippen LogP contribution in [0.4, 0.5) is 0 Å². The Labute approximate surface area is 155 Å². The van der Waals surface area contributed by atoms with Crippen LogP contribution >= 0.6 is 0 Å². The summed E-state index contributed by atoms with van der Waals surface area (Å²) in [5.41, 5.74) is 1.69. The Morgan fingerprint density at radius 2 is 1.88 bits per heavy atom. The molecule has 24 heavy (non-hydrogen) atoms. The molecule has 0 bridgehead atoms. The minimum atomic E-state index is -0.479. The first kappa shape index (κ1) is 20.1. The summed E-state index contributed by atoms with van der Waals surface area (Å²) in [6, 6.07) is 9.84. The van der Waals surface area contributed by atoms with Gasteiger partial charge >= 0.3 is 22.4 Å². The molecule has 0 unspecified atom stereocenters. The number of hydrogen-bond donors (Lipinski definition) is 0. The Hall–Kier alpha value is -1.90. The van der Waals surface area contributed by atoms with Gasteiger partial charge in [0.2, 0.25) is 0 Å². The summed E-state index contributed by atoms with van der Waals surface area (Å²) in [6.07, 6.45) is 1.73. The van der Waals surface area contributed by atoms with Gasteiger partial charge in [-0.1, -0.05) is 41.4 Å². The van der Waals surface area contributed by atoms with Crippen LogP contribution in [0.2, 0.25) is 0 Å². The molecule has 10 heteroatoms.